The molecule has 0 spiro atoms. The Bertz CT molecular complexity index is 961. The van der Waals surface area contributed by atoms with E-state index in [1.807, 2.05) is 55.5 Å². The van der Waals surface area contributed by atoms with E-state index in [4.69, 9.17) is 9.72 Å². The van der Waals surface area contributed by atoms with E-state index in [-0.39, 0.29) is 11.6 Å². The second kappa shape index (κ2) is 8.35. The lowest BCUT2D eigenvalue weighted by Crippen LogP contribution is -2.86. The van der Waals surface area contributed by atoms with Gasteiger partial charge < -0.3 is 10.1 Å². The number of quaternary nitrogens is 1. The van der Waals surface area contributed by atoms with E-state index in [1.54, 1.807) is 4.57 Å². The standard InChI is InChI=1S/C22H27N3O2/c1-5-27-18-12-10-17(11-13-18)25-21(16(4)23-14-15(2)3)24-20-9-7-6-8-19(20)22(25)26/h6-13,15-16,23H,5,14H2,1-4H3/p+1/t16-/m0/s1. The molecule has 0 radical (unpaired) electrons. The zero-order valence-electron chi connectivity index (χ0n) is 16.5. The van der Waals surface area contributed by atoms with Crippen LogP contribution in [0.1, 0.15) is 39.6 Å². The average molecular weight is 366 g/mol. The van der Waals surface area contributed by atoms with E-state index < -0.39 is 0 Å². The van der Waals surface area contributed by atoms with Crippen molar-refractivity contribution in [2.24, 2.45) is 5.92 Å². The van der Waals surface area contributed by atoms with Crippen LogP contribution in [0, 0.1) is 5.92 Å². The molecule has 2 aromatic carbocycles. The Morgan fingerprint density at radius 2 is 1.78 bits per heavy atom. The third kappa shape index (κ3) is 4.19. The fraction of sp³-hybridized carbons (Fsp3) is 0.364. The lowest BCUT2D eigenvalue weighted by atomic mass is 10.1. The predicted octanol–water partition coefficient (Wildman–Crippen LogP) is 3.06. The molecular weight excluding hydrogens is 338 g/mol. The number of aromatic nitrogens is 2. The van der Waals surface area contributed by atoms with Crippen molar-refractivity contribution in [3.05, 3.63) is 64.7 Å². The van der Waals surface area contributed by atoms with Crippen LogP contribution < -0.4 is 15.6 Å². The van der Waals surface area contributed by atoms with Crippen LogP contribution in [0.2, 0.25) is 0 Å². The molecule has 1 atom stereocenters. The summed E-state index contributed by atoms with van der Waals surface area (Å²) in [5.41, 5.74) is 1.51. The van der Waals surface area contributed by atoms with Crippen LogP contribution in [0.25, 0.3) is 16.6 Å². The second-order valence-electron chi connectivity index (χ2n) is 7.21. The van der Waals surface area contributed by atoms with Crippen LogP contribution >= 0.6 is 0 Å². The summed E-state index contributed by atoms with van der Waals surface area (Å²) in [6.07, 6.45) is 0. The van der Waals surface area contributed by atoms with Gasteiger partial charge in [-0.05, 0) is 50.2 Å². The number of fused-ring (bicyclic) bond motifs is 1. The van der Waals surface area contributed by atoms with Crippen LogP contribution in [-0.2, 0) is 0 Å². The zero-order chi connectivity index (χ0) is 19.4. The molecule has 0 saturated heterocycles. The van der Waals surface area contributed by atoms with Gasteiger partial charge in [-0.25, -0.2) is 4.98 Å². The smallest absolute Gasteiger partial charge is 0.266 e. The summed E-state index contributed by atoms with van der Waals surface area (Å²) < 4.78 is 7.27. The van der Waals surface area contributed by atoms with Crippen molar-refractivity contribution in [1.82, 2.24) is 9.55 Å². The Labute approximate surface area is 160 Å². The highest BCUT2D eigenvalue weighted by atomic mass is 16.5. The van der Waals surface area contributed by atoms with E-state index in [9.17, 15) is 4.79 Å². The maximum atomic E-state index is 13.3. The monoisotopic (exact) mass is 366 g/mol. The topological polar surface area (TPSA) is 60.7 Å². The van der Waals surface area contributed by atoms with Gasteiger partial charge in [-0.15, -0.1) is 0 Å². The first-order valence-corrected chi connectivity index (χ1v) is 9.59. The lowest BCUT2D eigenvalue weighted by Gasteiger charge is -2.18. The first kappa shape index (κ1) is 19.1. The highest BCUT2D eigenvalue weighted by molar-refractivity contribution is 5.77. The summed E-state index contributed by atoms with van der Waals surface area (Å²) in [4.78, 5) is 18.1. The molecule has 3 rings (SSSR count). The third-order valence-corrected chi connectivity index (χ3v) is 4.58. The Morgan fingerprint density at radius 1 is 1.07 bits per heavy atom. The second-order valence-corrected chi connectivity index (χ2v) is 7.21. The molecule has 27 heavy (non-hydrogen) atoms. The van der Waals surface area contributed by atoms with Gasteiger partial charge in [0.05, 0.1) is 29.7 Å². The summed E-state index contributed by atoms with van der Waals surface area (Å²) in [6.45, 7) is 10.0. The Balaban J connectivity index is 2.14. The molecule has 0 fully saturated rings. The van der Waals surface area contributed by atoms with Crippen molar-refractivity contribution in [2.45, 2.75) is 33.7 Å². The van der Waals surface area contributed by atoms with Gasteiger partial charge in [0.2, 0.25) is 0 Å². The van der Waals surface area contributed by atoms with Crippen LogP contribution in [-0.4, -0.2) is 22.7 Å². The summed E-state index contributed by atoms with van der Waals surface area (Å²) >= 11 is 0. The molecule has 142 valence electrons. The molecule has 0 saturated carbocycles. The van der Waals surface area contributed by atoms with E-state index in [1.165, 1.54) is 0 Å². The van der Waals surface area contributed by atoms with Gasteiger partial charge in [0.1, 0.15) is 11.8 Å². The van der Waals surface area contributed by atoms with Crippen LogP contribution in [0.3, 0.4) is 0 Å². The Kier molecular flexibility index (Phi) is 5.91. The van der Waals surface area contributed by atoms with Crippen molar-refractivity contribution in [3.63, 3.8) is 0 Å². The van der Waals surface area contributed by atoms with Crippen molar-refractivity contribution >= 4 is 10.9 Å². The van der Waals surface area contributed by atoms with E-state index in [0.717, 1.165) is 29.3 Å². The number of para-hydroxylation sites is 1. The third-order valence-electron chi connectivity index (χ3n) is 4.58. The molecule has 0 amide bonds. The molecule has 0 bridgehead atoms. The summed E-state index contributed by atoms with van der Waals surface area (Å²) in [5.74, 6) is 2.13. The molecule has 5 nitrogen and oxygen atoms in total. The summed E-state index contributed by atoms with van der Waals surface area (Å²) in [6, 6.07) is 15.2. The van der Waals surface area contributed by atoms with Gasteiger partial charge in [0, 0.05) is 5.92 Å². The molecular formula is C22H28N3O2+. The Morgan fingerprint density at radius 3 is 2.44 bits per heavy atom. The number of hydrogen-bond acceptors (Lipinski definition) is 3. The highest BCUT2D eigenvalue weighted by Crippen LogP contribution is 2.19. The first-order chi connectivity index (χ1) is 13.0. The number of nitrogens with two attached hydrogens (primary N) is 1. The fourth-order valence-corrected chi connectivity index (χ4v) is 3.14. The lowest BCUT2D eigenvalue weighted by molar-refractivity contribution is -0.698. The van der Waals surface area contributed by atoms with Crippen molar-refractivity contribution in [3.8, 4) is 11.4 Å². The van der Waals surface area contributed by atoms with E-state index >= 15 is 0 Å². The molecule has 1 aromatic heterocycles. The molecule has 5 heteroatoms. The number of rotatable bonds is 7. The minimum Gasteiger partial charge on any atom is -0.494 e. The normalized spacial score (nSPS) is 12.5. The van der Waals surface area contributed by atoms with Gasteiger partial charge in [0.15, 0.2) is 5.82 Å². The molecule has 1 heterocycles. The number of benzene rings is 2. The minimum atomic E-state index is -0.0374. The summed E-state index contributed by atoms with van der Waals surface area (Å²) in [7, 11) is 0. The SMILES string of the molecule is CCOc1ccc(-n2c([C@H](C)[NH2+]CC(C)C)nc3ccccc3c2=O)cc1. The summed E-state index contributed by atoms with van der Waals surface area (Å²) in [5, 5.41) is 2.87. The van der Waals surface area contributed by atoms with E-state index in [2.05, 4.69) is 26.1 Å². The van der Waals surface area contributed by atoms with Crippen molar-refractivity contribution in [2.75, 3.05) is 13.2 Å². The van der Waals surface area contributed by atoms with Gasteiger partial charge in [-0.2, -0.15) is 0 Å². The van der Waals surface area contributed by atoms with Gasteiger partial charge >= 0.3 is 0 Å². The maximum absolute atomic E-state index is 13.3. The molecule has 0 aliphatic rings. The molecule has 2 N–H and O–H groups in total. The molecule has 0 unspecified atom stereocenters. The average Bonchev–Trinajstić information content (AvgIpc) is 2.67. The van der Waals surface area contributed by atoms with Crippen molar-refractivity contribution < 1.29 is 10.1 Å². The number of ether oxygens (including phenoxy) is 1. The predicted molar refractivity (Wildman–Crippen MR) is 109 cm³/mol. The Hall–Kier alpha value is -2.66. The minimum absolute atomic E-state index is 0.0374. The van der Waals surface area contributed by atoms with E-state index in [0.29, 0.717) is 17.9 Å². The van der Waals surface area contributed by atoms with Gasteiger partial charge in [-0.1, -0.05) is 26.0 Å². The van der Waals surface area contributed by atoms with Crippen LogP contribution in [0.15, 0.2) is 53.3 Å². The van der Waals surface area contributed by atoms with Crippen LogP contribution in [0.4, 0.5) is 0 Å². The largest absolute Gasteiger partial charge is 0.494 e. The van der Waals surface area contributed by atoms with Crippen LogP contribution in [0.5, 0.6) is 5.75 Å². The number of hydrogen-bond donors (Lipinski definition) is 1. The quantitative estimate of drug-likeness (QED) is 0.699. The fourth-order valence-electron chi connectivity index (χ4n) is 3.14. The highest BCUT2D eigenvalue weighted by Gasteiger charge is 2.20. The molecule has 3 aromatic rings. The van der Waals surface area contributed by atoms with Crippen molar-refractivity contribution in [1.29, 1.82) is 0 Å². The van der Waals surface area contributed by atoms with Gasteiger partial charge in [-0.3, -0.25) is 9.36 Å². The number of nitrogens with zero attached hydrogens (tertiary/aromatic N) is 2. The molecule has 0 aliphatic heterocycles. The van der Waals surface area contributed by atoms with Gasteiger partial charge in [0.25, 0.3) is 5.56 Å². The first-order valence-electron chi connectivity index (χ1n) is 9.59. The maximum Gasteiger partial charge on any atom is 0.266 e. The zero-order valence-corrected chi connectivity index (χ0v) is 16.5. The molecule has 0 aliphatic carbocycles.